The number of nitrogens with zero attached hydrogens (tertiary/aromatic N) is 1. The highest BCUT2D eigenvalue weighted by atomic mass is 79.9. The van der Waals surface area contributed by atoms with Gasteiger partial charge in [-0.2, -0.15) is 0 Å². The van der Waals surface area contributed by atoms with Crippen molar-refractivity contribution in [2.45, 2.75) is 30.5 Å². The van der Waals surface area contributed by atoms with E-state index in [1.165, 1.54) is 0 Å². The van der Waals surface area contributed by atoms with E-state index >= 15 is 0 Å². The molecule has 0 aliphatic carbocycles. The summed E-state index contributed by atoms with van der Waals surface area (Å²) in [5.74, 6) is 0. The molecule has 0 aliphatic heterocycles. The Morgan fingerprint density at radius 3 is 2.86 bits per heavy atom. The summed E-state index contributed by atoms with van der Waals surface area (Å²) >= 11 is 5.11. The first-order valence-corrected chi connectivity index (χ1v) is 6.21. The van der Waals surface area contributed by atoms with Gasteiger partial charge in [-0.3, -0.25) is 0 Å². The van der Waals surface area contributed by atoms with Gasteiger partial charge >= 0.3 is 0 Å². The highest BCUT2D eigenvalue weighted by Gasteiger charge is 2.05. The predicted octanol–water partition coefficient (Wildman–Crippen LogP) is 3.02. The first kappa shape index (κ1) is 12.0. The molecule has 0 fully saturated rings. The van der Waals surface area contributed by atoms with Gasteiger partial charge in [0.15, 0.2) is 0 Å². The van der Waals surface area contributed by atoms with Crippen molar-refractivity contribution in [1.29, 1.82) is 0 Å². The Morgan fingerprint density at radius 1 is 1.57 bits per heavy atom. The second kappa shape index (κ2) is 5.73. The van der Waals surface area contributed by atoms with Crippen molar-refractivity contribution < 1.29 is 5.11 Å². The molecule has 1 N–H and O–H groups in total. The molecular formula is C10H14BrNOS. The van der Waals surface area contributed by atoms with Gasteiger partial charge in [-0.05, 0) is 41.4 Å². The van der Waals surface area contributed by atoms with E-state index in [4.69, 9.17) is 5.11 Å². The van der Waals surface area contributed by atoms with E-state index in [1.54, 1.807) is 11.8 Å². The van der Waals surface area contributed by atoms with Crippen molar-refractivity contribution in [2.24, 2.45) is 0 Å². The zero-order valence-electron chi connectivity index (χ0n) is 8.33. The molecule has 1 aromatic rings. The van der Waals surface area contributed by atoms with Crippen molar-refractivity contribution in [3.05, 3.63) is 22.3 Å². The zero-order valence-corrected chi connectivity index (χ0v) is 10.7. The summed E-state index contributed by atoms with van der Waals surface area (Å²) in [6.07, 6.45) is 0.807. The van der Waals surface area contributed by atoms with E-state index in [0.29, 0.717) is 5.25 Å². The third-order valence-corrected chi connectivity index (χ3v) is 3.80. The van der Waals surface area contributed by atoms with Crippen LogP contribution in [-0.4, -0.2) is 21.9 Å². The van der Waals surface area contributed by atoms with Crippen molar-refractivity contribution in [3.8, 4) is 0 Å². The van der Waals surface area contributed by atoms with Crippen molar-refractivity contribution in [2.75, 3.05) is 6.61 Å². The van der Waals surface area contributed by atoms with Crippen LogP contribution in [0, 0.1) is 6.92 Å². The van der Waals surface area contributed by atoms with Crippen LogP contribution in [0.2, 0.25) is 0 Å². The molecule has 0 saturated carbocycles. The average molecular weight is 276 g/mol. The summed E-state index contributed by atoms with van der Waals surface area (Å²) in [6.45, 7) is 4.31. The highest BCUT2D eigenvalue weighted by Crippen LogP contribution is 2.25. The predicted molar refractivity (Wildman–Crippen MR) is 63.7 cm³/mol. The molecule has 1 aromatic heterocycles. The van der Waals surface area contributed by atoms with Gasteiger partial charge in [0.2, 0.25) is 0 Å². The van der Waals surface area contributed by atoms with Gasteiger partial charge < -0.3 is 5.11 Å². The number of rotatable bonds is 4. The van der Waals surface area contributed by atoms with Gasteiger partial charge in [-0.1, -0.05) is 6.92 Å². The molecule has 1 rings (SSSR count). The first-order chi connectivity index (χ1) is 6.63. The number of aliphatic hydroxyl groups is 1. The monoisotopic (exact) mass is 275 g/mol. The lowest BCUT2D eigenvalue weighted by Gasteiger charge is -2.09. The fourth-order valence-electron chi connectivity index (χ4n) is 1.03. The fourth-order valence-corrected chi connectivity index (χ4v) is 2.23. The Balaban J connectivity index is 2.63. The summed E-state index contributed by atoms with van der Waals surface area (Å²) < 4.78 is 1.04. The minimum Gasteiger partial charge on any atom is -0.396 e. The quantitative estimate of drug-likeness (QED) is 0.858. The number of pyridine rings is 1. The molecule has 0 spiro atoms. The number of hydrogen-bond acceptors (Lipinski definition) is 3. The number of halogens is 1. The number of aryl methyl sites for hydroxylation is 1. The molecule has 0 aromatic carbocycles. The van der Waals surface area contributed by atoms with Crippen molar-refractivity contribution in [1.82, 2.24) is 4.98 Å². The smallest absolute Gasteiger partial charge is 0.0966 e. The summed E-state index contributed by atoms with van der Waals surface area (Å²) in [4.78, 5) is 4.43. The van der Waals surface area contributed by atoms with Crippen molar-refractivity contribution >= 4 is 27.7 Å². The molecule has 14 heavy (non-hydrogen) atoms. The fraction of sp³-hybridized carbons (Fsp3) is 0.500. The first-order valence-electron chi connectivity index (χ1n) is 4.54. The van der Waals surface area contributed by atoms with Crippen LogP contribution in [0.5, 0.6) is 0 Å². The van der Waals surface area contributed by atoms with Gasteiger partial charge in [0.25, 0.3) is 0 Å². The topological polar surface area (TPSA) is 33.1 Å². The van der Waals surface area contributed by atoms with Crippen LogP contribution in [0.3, 0.4) is 0 Å². The molecule has 78 valence electrons. The summed E-state index contributed by atoms with van der Waals surface area (Å²) in [7, 11) is 0. The van der Waals surface area contributed by atoms with Gasteiger partial charge in [0.1, 0.15) is 0 Å². The summed E-state index contributed by atoms with van der Waals surface area (Å²) in [5, 5.41) is 10.2. The Labute approximate surface area is 97.3 Å². The standard InChI is InChI=1S/C10H14BrNOS/c1-7(5-6-13)14-10-4-3-9(11)8(2)12-10/h3-4,7,13H,5-6H2,1-2H3. The number of thioether (sulfide) groups is 1. The maximum atomic E-state index is 8.77. The normalized spacial score (nSPS) is 12.9. The minimum absolute atomic E-state index is 0.240. The van der Waals surface area contributed by atoms with Crippen LogP contribution in [0.15, 0.2) is 21.6 Å². The lowest BCUT2D eigenvalue weighted by atomic mass is 10.3. The SMILES string of the molecule is Cc1nc(SC(C)CCO)ccc1Br. The molecule has 1 atom stereocenters. The van der Waals surface area contributed by atoms with Gasteiger partial charge in [-0.25, -0.2) is 4.98 Å². The maximum Gasteiger partial charge on any atom is 0.0966 e. The average Bonchev–Trinajstić information content (AvgIpc) is 2.12. The molecule has 2 nitrogen and oxygen atoms in total. The number of aliphatic hydroxyl groups excluding tert-OH is 1. The molecule has 1 heterocycles. The number of hydrogen-bond donors (Lipinski definition) is 1. The molecule has 0 amide bonds. The highest BCUT2D eigenvalue weighted by molar-refractivity contribution is 9.10. The third-order valence-electron chi connectivity index (χ3n) is 1.85. The van der Waals surface area contributed by atoms with Crippen LogP contribution >= 0.6 is 27.7 Å². The largest absolute Gasteiger partial charge is 0.396 e. The Kier molecular flexibility index (Phi) is 4.92. The molecular weight excluding hydrogens is 262 g/mol. The van der Waals surface area contributed by atoms with E-state index in [1.807, 2.05) is 19.1 Å². The molecule has 1 unspecified atom stereocenters. The van der Waals surface area contributed by atoms with Gasteiger partial charge in [-0.15, -0.1) is 11.8 Å². The Bertz CT molecular complexity index is 306. The van der Waals surface area contributed by atoms with Crippen LogP contribution in [-0.2, 0) is 0 Å². The number of aromatic nitrogens is 1. The lowest BCUT2D eigenvalue weighted by molar-refractivity contribution is 0.289. The van der Waals surface area contributed by atoms with E-state index in [0.717, 1.165) is 21.6 Å². The maximum absolute atomic E-state index is 8.77. The zero-order chi connectivity index (χ0) is 10.6. The van der Waals surface area contributed by atoms with E-state index in [9.17, 15) is 0 Å². The lowest BCUT2D eigenvalue weighted by Crippen LogP contribution is -2.00. The molecule has 0 saturated heterocycles. The third kappa shape index (κ3) is 3.59. The summed E-state index contributed by atoms with van der Waals surface area (Å²) in [5.41, 5.74) is 1.01. The van der Waals surface area contributed by atoms with Gasteiger partial charge in [0.05, 0.1) is 10.7 Å². The molecule has 0 bridgehead atoms. The van der Waals surface area contributed by atoms with Gasteiger partial charge in [0, 0.05) is 16.3 Å². The summed E-state index contributed by atoms with van der Waals surface area (Å²) in [6, 6.07) is 4.01. The molecule has 0 radical (unpaired) electrons. The van der Waals surface area contributed by atoms with Crippen LogP contribution < -0.4 is 0 Å². The van der Waals surface area contributed by atoms with Crippen LogP contribution in [0.1, 0.15) is 19.0 Å². The van der Waals surface area contributed by atoms with Crippen LogP contribution in [0.25, 0.3) is 0 Å². The van der Waals surface area contributed by atoms with E-state index in [2.05, 4.69) is 27.8 Å². The minimum atomic E-state index is 0.240. The Morgan fingerprint density at radius 2 is 2.29 bits per heavy atom. The van der Waals surface area contributed by atoms with E-state index < -0.39 is 0 Å². The van der Waals surface area contributed by atoms with Crippen LogP contribution in [0.4, 0.5) is 0 Å². The molecule has 0 aliphatic rings. The molecule has 4 heteroatoms. The second-order valence-electron chi connectivity index (χ2n) is 3.16. The van der Waals surface area contributed by atoms with E-state index in [-0.39, 0.29) is 6.61 Å². The Hall–Kier alpha value is -0.0600. The second-order valence-corrected chi connectivity index (χ2v) is 5.47. The van der Waals surface area contributed by atoms with Crippen molar-refractivity contribution in [3.63, 3.8) is 0 Å².